The molecule has 19 heavy (non-hydrogen) atoms. The maximum Gasteiger partial charge on any atom is 0.0471 e. The highest BCUT2D eigenvalue weighted by molar-refractivity contribution is 9.10. The van der Waals surface area contributed by atoms with Gasteiger partial charge in [-0.2, -0.15) is 0 Å². The summed E-state index contributed by atoms with van der Waals surface area (Å²) in [6.07, 6.45) is 4.15. The number of nitrogens with one attached hydrogen (secondary N) is 2. The van der Waals surface area contributed by atoms with Gasteiger partial charge in [0.2, 0.25) is 0 Å². The number of aromatic amines is 2. The molecule has 0 fully saturated rings. The molecule has 0 aliphatic carbocycles. The highest BCUT2D eigenvalue weighted by Gasteiger charge is 2.10. The summed E-state index contributed by atoms with van der Waals surface area (Å²) < 4.78 is 1.09. The molecule has 2 heterocycles. The normalized spacial score (nSPS) is 11.4. The van der Waals surface area contributed by atoms with Crippen LogP contribution in [0.25, 0.3) is 32.9 Å². The Kier molecular flexibility index (Phi) is 2.29. The fourth-order valence-electron chi connectivity index (χ4n) is 2.62. The summed E-state index contributed by atoms with van der Waals surface area (Å²) in [6.45, 7) is 0. The molecule has 0 bridgehead atoms. The summed E-state index contributed by atoms with van der Waals surface area (Å²) in [6, 6.07) is 14.7. The molecule has 2 aromatic carbocycles. The third-order valence-electron chi connectivity index (χ3n) is 3.52. The average Bonchev–Trinajstić information content (AvgIpc) is 3.01. The molecule has 0 radical (unpaired) electrons. The average molecular weight is 311 g/mol. The maximum atomic E-state index is 3.50. The Morgan fingerprint density at radius 1 is 0.737 bits per heavy atom. The predicted molar refractivity (Wildman–Crippen MR) is 83.3 cm³/mol. The number of hydrogen-bond acceptors (Lipinski definition) is 0. The first kappa shape index (κ1) is 10.9. The van der Waals surface area contributed by atoms with Gasteiger partial charge in [-0.1, -0.05) is 40.2 Å². The van der Waals surface area contributed by atoms with Crippen LogP contribution in [-0.4, -0.2) is 9.97 Å². The largest absolute Gasteiger partial charge is 0.361 e. The number of aromatic nitrogens is 2. The number of hydrogen-bond donors (Lipinski definition) is 2. The molecule has 0 saturated heterocycles. The van der Waals surface area contributed by atoms with Gasteiger partial charge in [-0.3, -0.25) is 0 Å². The Morgan fingerprint density at radius 2 is 1.42 bits per heavy atom. The van der Waals surface area contributed by atoms with Gasteiger partial charge < -0.3 is 9.97 Å². The number of benzene rings is 2. The van der Waals surface area contributed by atoms with Crippen LogP contribution in [0.4, 0.5) is 0 Å². The third kappa shape index (κ3) is 1.62. The van der Waals surface area contributed by atoms with Gasteiger partial charge in [0, 0.05) is 49.8 Å². The topological polar surface area (TPSA) is 31.6 Å². The van der Waals surface area contributed by atoms with E-state index in [4.69, 9.17) is 0 Å². The number of fused-ring (bicyclic) bond motifs is 2. The predicted octanol–water partition coefficient (Wildman–Crippen LogP) is 5.08. The monoisotopic (exact) mass is 310 g/mol. The van der Waals surface area contributed by atoms with E-state index in [-0.39, 0.29) is 0 Å². The molecule has 0 saturated carbocycles. The first-order valence-electron chi connectivity index (χ1n) is 6.16. The standard InChI is InChI=1S/C16H11BrN2/c17-10-5-6-12-14(9-19-16(12)7-10)13-8-18-15-4-2-1-3-11(13)15/h1-9,18-19H. The summed E-state index contributed by atoms with van der Waals surface area (Å²) in [4.78, 5) is 6.67. The van der Waals surface area contributed by atoms with Crippen molar-refractivity contribution >= 4 is 37.7 Å². The van der Waals surface area contributed by atoms with Gasteiger partial charge in [-0.05, 0) is 18.2 Å². The number of rotatable bonds is 1. The first-order chi connectivity index (χ1) is 9.33. The molecule has 0 atom stereocenters. The zero-order chi connectivity index (χ0) is 12.8. The van der Waals surface area contributed by atoms with Gasteiger partial charge in [-0.15, -0.1) is 0 Å². The van der Waals surface area contributed by atoms with Crippen molar-refractivity contribution in [2.45, 2.75) is 0 Å². The lowest BCUT2D eigenvalue weighted by atomic mass is 10.0. The van der Waals surface area contributed by atoms with E-state index in [9.17, 15) is 0 Å². The second-order valence-electron chi connectivity index (χ2n) is 4.64. The van der Waals surface area contributed by atoms with Crippen molar-refractivity contribution in [1.82, 2.24) is 9.97 Å². The molecule has 0 unspecified atom stereocenters. The van der Waals surface area contributed by atoms with Crippen LogP contribution in [0, 0.1) is 0 Å². The molecule has 3 heteroatoms. The van der Waals surface area contributed by atoms with Crippen molar-refractivity contribution in [2.24, 2.45) is 0 Å². The SMILES string of the molecule is Brc1ccc2c(-c3c[nH]c4ccccc34)c[nH]c2c1. The van der Waals surface area contributed by atoms with Gasteiger partial charge in [-0.25, -0.2) is 0 Å². The fourth-order valence-corrected chi connectivity index (χ4v) is 2.98. The maximum absolute atomic E-state index is 3.50. The van der Waals surface area contributed by atoms with Crippen molar-refractivity contribution < 1.29 is 0 Å². The van der Waals surface area contributed by atoms with E-state index in [0.717, 1.165) is 9.99 Å². The van der Waals surface area contributed by atoms with E-state index < -0.39 is 0 Å². The second kappa shape index (κ2) is 4.00. The fraction of sp³-hybridized carbons (Fsp3) is 0. The molecular formula is C16H11BrN2. The van der Waals surface area contributed by atoms with E-state index in [1.54, 1.807) is 0 Å². The van der Waals surface area contributed by atoms with E-state index in [0.29, 0.717) is 0 Å². The summed E-state index contributed by atoms with van der Waals surface area (Å²) in [5.74, 6) is 0. The van der Waals surface area contributed by atoms with E-state index in [2.05, 4.69) is 80.8 Å². The molecular weight excluding hydrogens is 300 g/mol. The molecule has 0 amide bonds. The minimum Gasteiger partial charge on any atom is -0.361 e. The van der Waals surface area contributed by atoms with Crippen molar-refractivity contribution in [3.05, 3.63) is 59.3 Å². The zero-order valence-electron chi connectivity index (χ0n) is 10.1. The zero-order valence-corrected chi connectivity index (χ0v) is 11.7. The van der Waals surface area contributed by atoms with Crippen LogP contribution in [0.1, 0.15) is 0 Å². The number of H-pyrrole nitrogens is 2. The first-order valence-corrected chi connectivity index (χ1v) is 6.95. The quantitative estimate of drug-likeness (QED) is 0.491. The Bertz CT molecular complexity index is 886. The smallest absolute Gasteiger partial charge is 0.0471 e. The lowest BCUT2D eigenvalue weighted by Crippen LogP contribution is -1.73. The molecule has 2 N–H and O–H groups in total. The van der Waals surface area contributed by atoms with Crippen LogP contribution in [0.3, 0.4) is 0 Å². The van der Waals surface area contributed by atoms with Crippen LogP contribution >= 0.6 is 15.9 Å². The second-order valence-corrected chi connectivity index (χ2v) is 5.56. The molecule has 4 rings (SSSR count). The molecule has 0 spiro atoms. The van der Waals surface area contributed by atoms with Crippen LogP contribution in [0.5, 0.6) is 0 Å². The Balaban J connectivity index is 2.04. The highest BCUT2D eigenvalue weighted by atomic mass is 79.9. The van der Waals surface area contributed by atoms with Crippen LogP contribution in [0.2, 0.25) is 0 Å². The molecule has 0 aliphatic heterocycles. The molecule has 92 valence electrons. The van der Waals surface area contributed by atoms with Crippen LogP contribution < -0.4 is 0 Å². The van der Waals surface area contributed by atoms with Crippen molar-refractivity contribution in [3.8, 4) is 11.1 Å². The van der Waals surface area contributed by atoms with Gasteiger partial charge in [0.15, 0.2) is 0 Å². The van der Waals surface area contributed by atoms with E-state index >= 15 is 0 Å². The molecule has 4 aromatic rings. The van der Waals surface area contributed by atoms with Gasteiger partial charge in [0.1, 0.15) is 0 Å². The highest BCUT2D eigenvalue weighted by Crippen LogP contribution is 2.34. The van der Waals surface area contributed by atoms with Gasteiger partial charge in [0.05, 0.1) is 0 Å². The summed E-state index contributed by atoms with van der Waals surface area (Å²) in [5.41, 5.74) is 4.79. The van der Waals surface area contributed by atoms with Gasteiger partial charge >= 0.3 is 0 Å². The minimum absolute atomic E-state index is 1.09. The third-order valence-corrected chi connectivity index (χ3v) is 4.02. The summed E-state index contributed by atoms with van der Waals surface area (Å²) in [5, 5.41) is 2.50. The van der Waals surface area contributed by atoms with Crippen LogP contribution in [-0.2, 0) is 0 Å². The van der Waals surface area contributed by atoms with E-state index in [1.807, 2.05) is 0 Å². The summed E-state index contributed by atoms with van der Waals surface area (Å²) in [7, 11) is 0. The van der Waals surface area contributed by atoms with Gasteiger partial charge in [0.25, 0.3) is 0 Å². The van der Waals surface area contributed by atoms with Crippen LogP contribution in [0.15, 0.2) is 59.3 Å². The number of para-hydroxylation sites is 1. The summed E-state index contributed by atoms with van der Waals surface area (Å²) >= 11 is 3.50. The van der Waals surface area contributed by atoms with Crippen molar-refractivity contribution in [3.63, 3.8) is 0 Å². The van der Waals surface area contributed by atoms with Crippen molar-refractivity contribution in [2.75, 3.05) is 0 Å². The molecule has 2 nitrogen and oxygen atoms in total. The molecule has 0 aliphatic rings. The Morgan fingerprint density at radius 3 is 2.26 bits per heavy atom. The van der Waals surface area contributed by atoms with Crippen molar-refractivity contribution in [1.29, 1.82) is 0 Å². The lowest BCUT2D eigenvalue weighted by Gasteiger charge is -1.98. The minimum atomic E-state index is 1.09. The number of halogens is 1. The lowest BCUT2D eigenvalue weighted by molar-refractivity contribution is 1.46. The van der Waals surface area contributed by atoms with E-state index in [1.165, 1.54) is 27.4 Å². The Labute approximate surface area is 118 Å². The Hall–Kier alpha value is -2.00. The molecule has 2 aromatic heterocycles.